The van der Waals surface area contributed by atoms with Crippen molar-refractivity contribution in [1.82, 2.24) is 0 Å². The molecule has 0 bridgehead atoms. The van der Waals surface area contributed by atoms with Crippen LogP contribution in [0.2, 0.25) is 0 Å². The number of aryl methyl sites for hydroxylation is 1. The standard InChI is InChI=1S/C16H15NOS/c1-11-7-3-4-8-12(11)15-16(18)17(2)13-9-5-6-10-14(13)19-15/h3-10,15H,1-2H3. The van der Waals surface area contributed by atoms with Gasteiger partial charge in [-0.05, 0) is 30.2 Å². The average molecular weight is 269 g/mol. The molecule has 0 N–H and O–H groups in total. The fraction of sp³-hybridized carbons (Fsp3) is 0.188. The highest BCUT2D eigenvalue weighted by molar-refractivity contribution is 8.00. The Morgan fingerprint density at radius 1 is 1.05 bits per heavy atom. The first-order valence-corrected chi connectivity index (χ1v) is 7.15. The fourth-order valence-electron chi connectivity index (χ4n) is 2.38. The molecule has 0 saturated carbocycles. The summed E-state index contributed by atoms with van der Waals surface area (Å²) in [4.78, 5) is 15.5. The number of benzene rings is 2. The molecular formula is C16H15NOS. The van der Waals surface area contributed by atoms with Gasteiger partial charge in [0.05, 0.1) is 5.69 Å². The van der Waals surface area contributed by atoms with Crippen LogP contribution in [0.3, 0.4) is 0 Å². The SMILES string of the molecule is Cc1ccccc1C1Sc2ccccc2N(C)C1=O. The lowest BCUT2D eigenvalue weighted by Crippen LogP contribution is -2.33. The van der Waals surface area contributed by atoms with Gasteiger partial charge in [-0.15, -0.1) is 11.8 Å². The largest absolute Gasteiger partial charge is 0.313 e. The summed E-state index contributed by atoms with van der Waals surface area (Å²) in [6, 6.07) is 16.2. The van der Waals surface area contributed by atoms with Crippen molar-refractivity contribution in [3.63, 3.8) is 0 Å². The molecular weight excluding hydrogens is 254 g/mol. The van der Waals surface area contributed by atoms with Crippen molar-refractivity contribution in [2.45, 2.75) is 17.1 Å². The van der Waals surface area contributed by atoms with Gasteiger partial charge in [-0.3, -0.25) is 4.79 Å². The zero-order chi connectivity index (χ0) is 13.4. The lowest BCUT2D eigenvalue weighted by molar-refractivity contribution is -0.118. The summed E-state index contributed by atoms with van der Waals surface area (Å²) in [5, 5.41) is -0.138. The lowest BCUT2D eigenvalue weighted by Gasteiger charge is -2.31. The first-order chi connectivity index (χ1) is 9.18. The average Bonchev–Trinajstić information content (AvgIpc) is 2.44. The minimum atomic E-state index is -0.138. The van der Waals surface area contributed by atoms with Crippen molar-refractivity contribution in [3.05, 3.63) is 59.7 Å². The zero-order valence-electron chi connectivity index (χ0n) is 11.0. The van der Waals surface area contributed by atoms with E-state index < -0.39 is 0 Å². The van der Waals surface area contributed by atoms with Gasteiger partial charge in [-0.1, -0.05) is 36.4 Å². The van der Waals surface area contributed by atoms with Gasteiger partial charge >= 0.3 is 0 Å². The van der Waals surface area contributed by atoms with Crippen LogP contribution in [-0.2, 0) is 4.79 Å². The van der Waals surface area contributed by atoms with Gasteiger partial charge in [0.25, 0.3) is 0 Å². The quantitative estimate of drug-likeness (QED) is 0.784. The van der Waals surface area contributed by atoms with Crippen molar-refractivity contribution in [3.8, 4) is 0 Å². The molecule has 1 unspecified atom stereocenters. The van der Waals surface area contributed by atoms with E-state index in [1.54, 1.807) is 16.7 Å². The van der Waals surface area contributed by atoms with Crippen molar-refractivity contribution in [2.24, 2.45) is 0 Å². The molecule has 1 atom stereocenters. The minimum absolute atomic E-state index is 0.138. The van der Waals surface area contributed by atoms with E-state index in [4.69, 9.17) is 0 Å². The van der Waals surface area contributed by atoms with Crippen LogP contribution in [0.1, 0.15) is 16.4 Å². The molecule has 0 spiro atoms. The van der Waals surface area contributed by atoms with Crippen LogP contribution in [0.15, 0.2) is 53.4 Å². The Hall–Kier alpha value is -1.74. The molecule has 0 fully saturated rings. The summed E-state index contributed by atoms with van der Waals surface area (Å²) >= 11 is 1.64. The second kappa shape index (κ2) is 4.74. The number of thioether (sulfide) groups is 1. The fourth-order valence-corrected chi connectivity index (χ4v) is 3.77. The summed E-state index contributed by atoms with van der Waals surface area (Å²) in [5.74, 6) is 0.151. The van der Waals surface area contributed by atoms with E-state index in [0.29, 0.717) is 0 Å². The van der Waals surface area contributed by atoms with E-state index in [0.717, 1.165) is 16.1 Å². The maximum atomic E-state index is 12.5. The predicted octanol–water partition coefficient (Wildman–Crippen LogP) is 3.80. The van der Waals surface area contributed by atoms with Crippen LogP contribution < -0.4 is 4.90 Å². The maximum absolute atomic E-state index is 12.5. The Morgan fingerprint density at radius 2 is 1.74 bits per heavy atom. The van der Waals surface area contributed by atoms with E-state index in [2.05, 4.69) is 19.1 Å². The van der Waals surface area contributed by atoms with Gasteiger partial charge < -0.3 is 4.90 Å². The summed E-state index contributed by atoms with van der Waals surface area (Å²) in [5.41, 5.74) is 3.28. The maximum Gasteiger partial charge on any atom is 0.244 e. The molecule has 2 aromatic rings. The van der Waals surface area contributed by atoms with Gasteiger partial charge in [0.15, 0.2) is 0 Å². The Kier molecular flexibility index (Phi) is 3.07. The Bertz CT molecular complexity index is 638. The topological polar surface area (TPSA) is 20.3 Å². The van der Waals surface area contributed by atoms with Crippen LogP contribution in [0, 0.1) is 6.92 Å². The molecule has 96 valence electrons. The van der Waals surface area contributed by atoms with Crippen LogP contribution in [0.4, 0.5) is 5.69 Å². The van der Waals surface area contributed by atoms with Crippen molar-refractivity contribution in [1.29, 1.82) is 0 Å². The zero-order valence-corrected chi connectivity index (χ0v) is 11.8. The molecule has 0 aromatic heterocycles. The third-order valence-corrected chi connectivity index (χ3v) is 4.79. The van der Waals surface area contributed by atoms with Crippen LogP contribution in [-0.4, -0.2) is 13.0 Å². The number of fused-ring (bicyclic) bond motifs is 1. The second-order valence-corrected chi connectivity index (χ2v) is 5.87. The number of hydrogen-bond acceptors (Lipinski definition) is 2. The summed E-state index contributed by atoms with van der Waals surface area (Å²) in [6.45, 7) is 2.06. The number of carbonyl (C=O) groups is 1. The minimum Gasteiger partial charge on any atom is -0.313 e. The van der Waals surface area contributed by atoms with Crippen LogP contribution >= 0.6 is 11.8 Å². The number of rotatable bonds is 1. The number of nitrogens with zero attached hydrogens (tertiary/aromatic N) is 1. The number of para-hydroxylation sites is 1. The smallest absolute Gasteiger partial charge is 0.244 e. The molecule has 2 nitrogen and oxygen atoms in total. The molecule has 1 heterocycles. The number of amides is 1. The molecule has 0 aliphatic carbocycles. The van der Waals surface area contributed by atoms with Crippen molar-refractivity contribution >= 4 is 23.4 Å². The van der Waals surface area contributed by atoms with E-state index in [1.165, 1.54) is 5.56 Å². The monoisotopic (exact) mass is 269 g/mol. The summed E-state index contributed by atoms with van der Waals surface area (Å²) in [7, 11) is 1.85. The van der Waals surface area contributed by atoms with E-state index >= 15 is 0 Å². The molecule has 2 aromatic carbocycles. The molecule has 1 amide bonds. The molecule has 0 radical (unpaired) electrons. The third kappa shape index (κ3) is 2.04. The molecule has 1 aliphatic heterocycles. The molecule has 3 rings (SSSR count). The number of anilines is 1. The highest BCUT2D eigenvalue weighted by Gasteiger charge is 2.32. The molecule has 0 saturated heterocycles. The highest BCUT2D eigenvalue weighted by atomic mass is 32.2. The first kappa shape index (κ1) is 12.3. The number of hydrogen-bond donors (Lipinski definition) is 0. The number of carbonyl (C=O) groups excluding carboxylic acids is 1. The van der Waals surface area contributed by atoms with Crippen molar-refractivity contribution in [2.75, 3.05) is 11.9 Å². The van der Waals surface area contributed by atoms with Gasteiger partial charge in [0.1, 0.15) is 5.25 Å². The Morgan fingerprint density at radius 3 is 2.53 bits per heavy atom. The first-order valence-electron chi connectivity index (χ1n) is 6.27. The van der Waals surface area contributed by atoms with E-state index in [-0.39, 0.29) is 11.2 Å². The predicted molar refractivity (Wildman–Crippen MR) is 79.6 cm³/mol. The van der Waals surface area contributed by atoms with E-state index in [1.807, 2.05) is 43.4 Å². The highest BCUT2D eigenvalue weighted by Crippen LogP contribution is 2.46. The molecule has 19 heavy (non-hydrogen) atoms. The molecule has 3 heteroatoms. The van der Waals surface area contributed by atoms with Gasteiger partial charge in [0.2, 0.25) is 5.91 Å². The molecule has 1 aliphatic rings. The van der Waals surface area contributed by atoms with Gasteiger partial charge in [0, 0.05) is 11.9 Å². The summed E-state index contributed by atoms with van der Waals surface area (Å²) in [6.07, 6.45) is 0. The van der Waals surface area contributed by atoms with Crippen LogP contribution in [0.5, 0.6) is 0 Å². The summed E-state index contributed by atoms with van der Waals surface area (Å²) < 4.78 is 0. The normalized spacial score (nSPS) is 18.3. The lowest BCUT2D eigenvalue weighted by atomic mass is 10.0. The second-order valence-electron chi connectivity index (χ2n) is 4.72. The third-order valence-electron chi connectivity index (χ3n) is 3.50. The van der Waals surface area contributed by atoms with Gasteiger partial charge in [-0.2, -0.15) is 0 Å². The van der Waals surface area contributed by atoms with Gasteiger partial charge in [-0.25, -0.2) is 0 Å². The Labute approximate surface area is 117 Å². The van der Waals surface area contributed by atoms with E-state index in [9.17, 15) is 4.79 Å². The van der Waals surface area contributed by atoms with Crippen molar-refractivity contribution < 1.29 is 4.79 Å². The van der Waals surface area contributed by atoms with Crippen LogP contribution in [0.25, 0.3) is 0 Å². The number of likely N-dealkylation sites (N-methyl/N-ethyl adjacent to an activating group) is 1. The Balaban J connectivity index is 2.07.